The van der Waals surface area contributed by atoms with Gasteiger partial charge in [-0.05, 0) is 18.2 Å². The van der Waals surface area contributed by atoms with Gasteiger partial charge in [0.1, 0.15) is 5.75 Å². The molecule has 9 heteroatoms. The Bertz CT molecular complexity index is 610. The van der Waals surface area contributed by atoms with Crippen molar-refractivity contribution in [3.63, 3.8) is 0 Å². The van der Waals surface area contributed by atoms with E-state index in [-0.39, 0.29) is 5.69 Å². The number of nitrogens with zero attached hydrogens (tertiary/aromatic N) is 1. The van der Waals surface area contributed by atoms with Crippen molar-refractivity contribution in [1.29, 1.82) is 0 Å². The molecule has 0 aliphatic carbocycles. The summed E-state index contributed by atoms with van der Waals surface area (Å²) < 4.78 is 62.6. The molecule has 0 amide bonds. The fourth-order valence-corrected chi connectivity index (χ4v) is 2.40. The molecule has 18 heavy (non-hydrogen) atoms. The summed E-state index contributed by atoms with van der Waals surface area (Å²) in [7, 11) is -3.88. The van der Waals surface area contributed by atoms with Gasteiger partial charge in [-0.2, -0.15) is 21.6 Å². The van der Waals surface area contributed by atoms with E-state index < -0.39 is 27.7 Å². The lowest BCUT2D eigenvalue weighted by molar-refractivity contribution is -0.137. The lowest BCUT2D eigenvalue weighted by Crippen LogP contribution is -2.28. The Morgan fingerprint density at radius 2 is 1.94 bits per heavy atom. The largest absolute Gasteiger partial charge is 0.506 e. The summed E-state index contributed by atoms with van der Waals surface area (Å²) in [5.74, 6) is -0.776. The van der Waals surface area contributed by atoms with Crippen LogP contribution in [0, 0.1) is 0 Å². The van der Waals surface area contributed by atoms with Crippen molar-refractivity contribution in [1.82, 2.24) is 4.72 Å². The molecule has 0 radical (unpaired) electrons. The first-order valence-electron chi connectivity index (χ1n) is 4.60. The van der Waals surface area contributed by atoms with Crippen LogP contribution in [-0.4, -0.2) is 13.5 Å². The predicted octanol–water partition coefficient (Wildman–Crippen LogP) is 1.54. The first-order valence-corrected chi connectivity index (χ1v) is 6.04. The van der Waals surface area contributed by atoms with Gasteiger partial charge < -0.3 is 5.11 Å². The first-order chi connectivity index (χ1) is 8.22. The number of anilines is 1. The maximum atomic E-state index is 12.4. The van der Waals surface area contributed by atoms with Crippen LogP contribution in [-0.2, 0) is 16.4 Å². The van der Waals surface area contributed by atoms with Gasteiger partial charge >= 0.3 is 16.4 Å². The zero-order chi connectivity index (χ0) is 13.6. The average Bonchev–Trinajstić information content (AvgIpc) is 2.56. The molecular formula is C9H7F3N2O3S. The van der Waals surface area contributed by atoms with E-state index in [1.165, 1.54) is 0 Å². The smallest absolute Gasteiger partial charge is 0.416 e. The molecule has 0 aromatic heterocycles. The summed E-state index contributed by atoms with van der Waals surface area (Å²) in [5.41, 5.74) is -1.32. The molecule has 1 aliphatic rings. The van der Waals surface area contributed by atoms with Crippen LogP contribution in [0.25, 0.3) is 0 Å². The number of nitrogens with one attached hydrogen (secondary N) is 1. The van der Waals surface area contributed by atoms with Crippen molar-refractivity contribution >= 4 is 15.9 Å². The molecule has 1 heterocycles. The molecule has 1 aromatic carbocycles. The Labute approximate surface area is 100 Å². The van der Waals surface area contributed by atoms with E-state index in [0.717, 1.165) is 18.5 Å². The second-order valence-corrected chi connectivity index (χ2v) is 5.01. The van der Waals surface area contributed by atoms with E-state index >= 15 is 0 Å². The minimum absolute atomic E-state index is 0.260. The fraction of sp³-hybridized carbons (Fsp3) is 0.111. The summed E-state index contributed by atoms with van der Waals surface area (Å²) in [6.07, 6.45) is -2.43. The number of phenols is 1. The molecular weight excluding hydrogens is 273 g/mol. The van der Waals surface area contributed by atoms with E-state index in [0.29, 0.717) is 16.4 Å². The van der Waals surface area contributed by atoms with Crippen molar-refractivity contribution in [3.05, 3.63) is 36.2 Å². The molecule has 0 bridgehead atoms. The lowest BCUT2D eigenvalue weighted by Gasteiger charge is -2.17. The fourth-order valence-electron chi connectivity index (χ4n) is 1.42. The van der Waals surface area contributed by atoms with Crippen LogP contribution in [0.1, 0.15) is 5.56 Å². The van der Waals surface area contributed by atoms with Crippen molar-refractivity contribution in [2.45, 2.75) is 6.18 Å². The van der Waals surface area contributed by atoms with Gasteiger partial charge in [0.15, 0.2) is 0 Å². The molecule has 0 fully saturated rings. The second-order valence-electron chi connectivity index (χ2n) is 3.44. The van der Waals surface area contributed by atoms with Crippen LogP contribution in [0.5, 0.6) is 5.75 Å². The Kier molecular flexibility index (Phi) is 2.65. The van der Waals surface area contributed by atoms with Crippen molar-refractivity contribution < 1.29 is 26.7 Å². The highest BCUT2D eigenvalue weighted by Crippen LogP contribution is 2.37. The maximum Gasteiger partial charge on any atom is 0.416 e. The molecule has 0 spiro atoms. The molecule has 98 valence electrons. The Hall–Kier alpha value is -1.90. The molecule has 0 saturated heterocycles. The lowest BCUT2D eigenvalue weighted by atomic mass is 10.2. The molecule has 1 aromatic rings. The number of halogens is 3. The van der Waals surface area contributed by atoms with Gasteiger partial charge in [0.05, 0.1) is 11.3 Å². The number of hydrogen-bond donors (Lipinski definition) is 2. The molecule has 2 N–H and O–H groups in total. The van der Waals surface area contributed by atoms with Crippen LogP contribution >= 0.6 is 0 Å². The number of hydrogen-bond acceptors (Lipinski definition) is 3. The Morgan fingerprint density at radius 3 is 2.39 bits per heavy atom. The second kappa shape index (κ2) is 3.80. The molecule has 0 saturated carbocycles. The van der Waals surface area contributed by atoms with Gasteiger partial charge in [-0.25, -0.2) is 4.31 Å². The van der Waals surface area contributed by atoms with Gasteiger partial charge in [-0.3, -0.25) is 4.72 Å². The molecule has 5 nitrogen and oxygen atoms in total. The summed E-state index contributed by atoms with van der Waals surface area (Å²) in [6, 6.07) is 2.04. The molecule has 2 rings (SSSR count). The van der Waals surface area contributed by atoms with Crippen molar-refractivity contribution in [3.8, 4) is 5.75 Å². The minimum Gasteiger partial charge on any atom is -0.506 e. The third kappa shape index (κ3) is 2.08. The monoisotopic (exact) mass is 280 g/mol. The summed E-state index contributed by atoms with van der Waals surface area (Å²) in [6.45, 7) is 0. The van der Waals surface area contributed by atoms with Crippen LogP contribution in [0.4, 0.5) is 18.9 Å². The standard InChI is InChI=1S/C9H7F3N2O3S/c10-9(11,12)6-1-2-7(8(15)5-6)14-4-3-13-18(14,16)17/h1-5,13,15H. The topological polar surface area (TPSA) is 69.6 Å². The predicted molar refractivity (Wildman–Crippen MR) is 56.8 cm³/mol. The average molecular weight is 280 g/mol. The molecule has 0 atom stereocenters. The van der Waals surface area contributed by atoms with Crippen LogP contribution in [0.3, 0.4) is 0 Å². The Morgan fingerprint density at radius 1 is 1.28 bits per heavy atom. The minimum atomic E-state index is -4.60. The van der Waals surface area contributed by atoms with Crippen LogP contribution in [0.15, 0.2) is 30.6 Å². The van der Waals surface area contributed by atoms with Gasteiger partial charge in [-0.1, -0.05) is 0 Å². The normalized spacial score (nSPS) is 17.8. The van der Waals surface area contributed by atoms with E-state index in [9.17, 15) is 26.7 Å². The van der Waals surface area contributed by atoms with E-state index in [4.69, 9.17) is 0 Å². The zero-order valence-electron chi connectivity index (χ0n) is 8.64. The van der Waals surface area contributed by atoms with Crippen LogP contribution < -0.4 is 9.03 Å². The van der Waals surface area contributed by atoms with Gasteiger partial charge in [0, 0.05) is 12.4 Å². The maximum absolute atomic E-state index is 12.4. The number of aromatic hydroxyl groups is 1. The number of phenolic OH excluding ortho intramolecular Hbond substituents is 1. The van der Waals surface area contributed by atoms with E-state index in [2.05, 4.69) is 0 Å². The highest BCUT2D eigenvalue weighted by molar-refractivity contribution is 7.91. The number of rotatable bonds is 1. The number of alkyl halides is 3. The van der Waals surface area contributed by atoms with Gasteiger partial charge in [0.2, 0.25) is 0 Å². The Balaban J connectivity index is 2.46. The summed E-state index contributed by atoms with van der Waals surface area (Å²) in [4.78, 5) is 0. The zero-order valence-corrected chi connectivity index (χ0v) is 9.46. The molecule has 1 aliphatic heterocycles. The van der Waals surface area contributed by atoms with E-state index in [1.54, 1.807) is 0 Å². The quantitative estimate of drug-likeness (QED) is 0.819. The third-order valence-corrected chi connectivity index (χ3v) is 3.50. The van der Waals surface area contributed by atoms with Crippen molar-refractivity contribution in [2.24, 2.45) is 0 Å². The first kappa shape index (κ1) is 12.6. The highest BCUT2D eigenvalue weighted by Gasteiger charge is 2.33. The molecule has 0 unspecified atom stereocenters. The summed E-state index contributed by atoms with van der Waals surface area (Å²) >= 11 is 0. The number of benzene rings is 1. The summed E-state index contributed by atoms with van der Waals surface area (Å²) in [5, 5.41) is 9.48. The van der Waals surface area contributed by atoms with Gasteiger partial charge in [0.25, 0.3) is 0 Å². The van der Waals surface area contributed by atoms with Crippen molar-refractivity contribution in [2.75, 3.05) is 4.31 Å². The SMILES string of the molecule is O=S1(=O)NC=CN1c1ccc(C(F)(F)F)cc1O. The van der Waals surface area contributed by atoms with Gasteiger partial charge in [-0.15, -0.1) is 0 Å². The van der Waals surface area contributed by atoms with E-state index in [1.807, 2.05) is 4.72 Å². The highest BCUT2D eigenvalue weighted by atomic mass is 32.2. The van der Waals surface area contributed by atoms with Crippen LogP contribution in [0.2, 0.25) is 0 Å². The third-order valence-electron chi connectivity index (χ3n) is 2.23.